The monoisotopic (exact) mass is 265 g/mol. The second-order valence-corrected chi connectivity index (χ2v) is 5.55. The van der Waals surface area contributed by atoms with Crippen molar-refractivity contribution in [3.8, 4) is 0 Å². The maximum Gasteiger partial charge on any atom is 0.234 e. The van der Waals surface area contributed by atoms with Crippen molar-refractivity contribution in [3.63, 3.8) is 0 Å². The summed E-state index contributed by atoms with van der Waals surface area (Å²) in [4.78, 5) is 14.6. The Morgan fingerprint density at radius 3 is 2.50 bits per heavy atom. The van der Waals surface area contributed by atoms with Gasteiger partial charge in [0.1, 0.15) is 0 Å². The molecule has 0 radical (unpaired) electrons. The van der Waals surface area contributed by atoms with E-state index in [4.69, 9.17) is 0 Å². The number of benzene rings is 2. The van der Waals surface area contributed by atoms with E-state index >= 15 is 0 Å². The second-order valence-electron chi connectivity index (χ2n) is 5.55. The van der Waals surface area contributed by atoms with Crippen molar-refractivity contribution in [1.29, 1.82) is 0 Å². The molecule has 3 rings (SSSR count). The summed E-state index contributed by atoms with van der Waals surface area (Å²) in [5.74, 6) is 0.0260. The van der Waals surface area contributed by atoms with Gasteiger partial charge >= 0.3 is 0 Å². The van der Waals surface area contributed by atoms with Crippen LogP contribution in [0.3, 0.4) is 0 Å². The summed E-state index contributed by atoms with van der Waals surface area (Å²) in [5, 5.41) is 0. The Hall–Kier alpha value is -2.09. The molecule has 1 aliphatic rings. The zero-order valence-corrected chi connectivity index (χ0v) is 12.0. The summed E-state index contributed by atoms with van der Waals surface area (Å²) in [6.07, 6.45) is 0.931. The molecule has 0 bridgehead atoms. The van der Waals surface area contributed by atoms with Crippen LogP contribution in [0.4, 0.5) is 0 Å². The minimum atomic E-state index is -0.167. The fourth-order valence-electron chi connectivity index (χ4n) is 2.88. The average molecular weight is 265 g/mol. The molecular weight excluding hydrogens is 246 g/mol. The summed E-state index contributed by atoms with van der Waals surface area (Å²) >= 11 is 0. The Morgan fingerprint density at radius 2 is 1.75 bits per heavy atom. The average Bonchev–Trinajstić information content (AvgIpc) is 2.59. The smallest absolute Gasteiger partial charge is 0.234 e. The van der Waals surface area contributed by atoms with E-state index in [2.05, 4.69) is 49.4 Å². The van der Waals surface area contributed by atoms with Crippen molar-refractivity contribution in [2.24, 2.45) is 0 Å². The van der Waals surface area contributed by atoms with E-state index < -0.39 is 0 Å². The number of hydrogen-bond acceptors (Lipinski definition) is 1. The molecule has 2 nitrogen and oxygen atoms in total. The molecule has 0 saturated heterocycles. The molecule has 1 amide bonds. The van der Waals surface area contributed by atoms with E-state index in [0.29, 0.717) is 0 Å². The zero-order valence-electron chi connectivity index (χ0n) is 12.0. The molecule has 0 aliphatic carbocycles. The van der Waals surface area contributed by atoms with Crippen molar-refractivity contribution in [3.05, 3.63) is 70.8 Å². The summed E-state index contributed by atoms with van der Waals surface area (Å²) in [7, 11) is 1.90. The molecule has 0 fully saturated rings. The molecular formula is C18H19NO. The van der Waals surface area contributed by atoms with Crippen LogP contribution >= 0.6 is 0 Å². The summed E-state index contributed by atoms with van der Waals surface area (Å²) < 4.78 is 0. The first-order valence-corrected chi connectivity index (χ1v) is 7.06. The van der Waals surface area contributed by atoms with Crippen molar-refractivity contribution in [2.45, 2.75) is 19.3 Å². The van der Waals surface area contributed by atoms with Crippen molar-refractivity contribution < 1.29 is 4.79 Å². The maximum absolute atomic E-state index is 12.7. The Bertz CT molecular complexity index is 630. The van der Waals surface area contributed by atoms with Crippen molar-refractivity contribution in [2.75, 3.05) is 13.6 Å². The van der Waals surface area contributed by atoms with Crippen LogP contribution in [0.1, 0.15) is 28.2 Å². The lowest BCUT2D eigenvalue weighted by atomic mass is 9.87. The molecule has 2 aromatic carbocycles. The van der Waals surface area contributed by atoms with Gasteiger partial charge in [0.2, 0.25) is 5.91 Å². The van der Waals surface area contributed by atoms with E-state index in [1.54, 1.807) is 0 Å². The quantitative estimate of drug-likeness (QED) is 0.775. The topological polar surface area (TPSA) is 20.3 Å². The number of aryl methyl sites for hydroxylation is 1. The molecule has 0 saturated carbocycles. The predicted molar refractivity (Wildman–Crippen MR) is 80.8 cm³/mol. The highest BCUT2D eigenvalue weighted by Crippen LogP contribution is 2.32. The third kappa shape index (κ3) is 2.22. The molecule has 2 aromatic rings. The Balaban J connectivity index is 2.14. The molecule has 2 heteroatoms. The van der Waals surface area contributed by atoms with Gasteiger partial charge in [0.05, 0.1) is 5.92 Å². The normalized spacial score (nSPS) is 18.6. The fraction of sp³-hybridized carbons (Fsp3) is 0.278. The Morgan fingerprint density at radius 1 is 1.05 bits per heavy atom. The SMILES string of the molecule is Cc1ccc(C2C(=O)N(C)CCc3ccccc32)cc1. The fourth-order valence-corrected chi connectivity index (χ4v) is 2.88. The minimum Gasteiger partial charge on any atom is -0.345 e. The molecule has 1 heterocycles. The zero-order chi connectivity index (χ0) is 14.1. The first kappa shape index (κ1) is 12.9. The predicted octanol–water partition coefficient (Wildman–Crippen LogP) is 3.14. The van der Waals surface area contributed by atoms with Crippen LogP contribution in [-0.2, 0) is 11.2 Å². The number of likely N-dealkylation sites (N-methyl/N-ethyl adjacent to an activating group) is 1. The highest BCUT2D eigenvalue weighted by atomic mass is 16.2. The highest BCUT2D eigenvalue weighted by molar-refractivity contribution is 5.88. The molecule has 0 aromatic heterocycles. The lowest BCUT2D eigenvalue weighted by Crippen LogP contribution is -2.31. The molecule has 1 unspecified atom stereocenters. The number of amides is 1. The number of hydrogen-bond donors (Lipinski definition) is 0. The van der Waals surface area contributed by atoms with Gasteiger partial charge in [0.15, 0.2) is 0 Å². The van der Waals surface area contributed by atoms with Crippen LogP contribution in [0, 0.1) is 6.92 Å². The van der Waals surface area contributed by atoms with Crippen LogP contribution in [-0.4, -0.2) is 24.4 Å². The minimum absolute atomic E-state index is 0.167. The second kappa shape index (κ2) is 5.12. The molecule has 0 N–H and O–H groups in total. The molecule has 1 aliphatic heterocycles. The maximum atomic E-state index is 12.7. The Labute approximate surface area is 120 Å². The number of nitrogens with zero attached hydrogens (tertiary/aromatic N) is 1. The van der Waals surface area contributed by atoms with E-state index in [0.717, 1.165) is 24.1 Å². The third-order valence-corrected chi connectivity index (χ3v) is 4.12. The number of rotatable bonds is 1. The van der Waals surface area contributed by atoms with Gasteiger partial charge in [-0.15, -0.1) is 0 Å². The van der Waals surface area contributed by atoms with Crippen LogP contribution < -0.4 is 0 Å². The van der Waals surface area contributed by atoms with Crippen LogP contribution in [0.5, 0.6) is 0 Å². The lowest BCUT2D eigenvalue weighted by Gasteiger charge is -2.21. The van der Waals surface area contributed by atoms with Gasteiger partial charge < -0.3 is 4.90 Å². The van der Waals surface area contributed by atoms with Gasteiger partial charge in [-0.05, 0) is 30.0 Å². The first-order valence-electron chi connectivity index (χ1n) is 7.06. The summed E-state index contributed by atoms with van der Waals surface area (Å²) in [6.45, 7) is 2.86. The molecule has 1 atom stereocenters. The van der Waals surface area contributed by atoms with E-state index in [1.807, 2.05) is 18.0 Å². The van der Waals surface area contributed by atoms with Crippen molar-refractivity contribution >= 4 is 5.91 Å². The largest absolute Gasteiger partial charge is 0.345 e. The first-order chi connectivity index (χ1) is 9.66. The van der Waals surface area contributed by atoms with Gasteiger partial charge in [-0.1, -0.05) is 54.1 Å². The number of carbonyl (C=O) groups is 1. The number of fused-ring (bicyclic) bond motifs is 1. The van der Waals surface area contributed by atoms with Crippen molar-refractivity contribution in [1.82, 2.24) is 4.90 Å². The van der Waals surface area contributed by atoms with E-state index in [1.165, 1.54) is 11.1 Å². The summed E-state index contributed by atoms with van der Waals surface area (Å²) in [5.41, 5.74) is 4.75. The molecule has 102 valence electrons. The van der Waals surface area contributed by atoms with Gasteiger partial charge in [0, 0.05) is 13.6 Å². The standard InChI is InChI=1S/C18H19NO/c1-13-7-9-15(10-8-13)17-16-6-4-3-5-14(16)11-12-19(2)18(17)20/h3-10,17H,11-12H2,1-2H3. The molecule has 20 heavy (non-hydrogen) atoms. The van der Waals surface area contributed by atoms with Crippen LogP contribution in [0.2, 0.25) is 0 Å². The number of carbonyl (C=O) groups excluding carboxylic acids is 1. The van der Waals surface area contributed by atoms with Gasteiger partial charge in [-0.2, -0.15) is 0 Å². The van der Waals surface area contributed by atoms with Gasteiger partial charge in [0.25, 0.3) is 0 Å². The van der Waals surface area contributed by atoms with Gasteiger partial charge in [-0.25, -0.2) is 0 Å². The Kier molecular flexibility index (Phi) is 3.31. The highest BCUT2D eigenvalue weighted by Gasteiger charge is 2.29. The van der Waals surface area contributed by atoms with E-state index in [-0.39, 0.29) is 11.8 Å². The van der Waals surface area contributed by atoms with Gasteiger partial charge in [-0.3, -0.25) is 4.79 Å². The third-order valence-electron chi connectivity index (χ3n) is 4.12. The molecule has 0 spiro atoms. The summed E-state index contributed by atoms with van der Waals surface area (Å²) in [6, 6.07) is 16.6. The van der Waals surface area contributed by atoms with Crippen LogP contribution in [0.25, 0.3) is 0 Å². The lowest BCUT2D eigenvalue weighted by molar-refractivity contribution is -0.130. The van der Waals surface area contributed by atoms with E-state index in [9.17, 15) is 4.79 Å². The van der Waals surface area contributed by atoms with Crippen LogP contribution in [0.15, 0.2) is 48.5 Å².